The Kier molecular flexibility index (Phi) is 5.86. The van der Waals surface area contributed by atoms with Gasteiger partial charge in [-0.15, -0.1) is 0 Å². The van der Waals surface area contributed by atoms with Crippen LogP contribution in [0.4, 0.5) is 5.69 Å². The SMILES string of the molecule is O=C1CCc2cc(C(=O)NCCCN3CCCCCC3)ccc2N1. The summed E-state index contributed by atoms with van der Waals surface area (Å²) in [6.07, 6.45) is 7.51. The van der Waals surface area contributed by atoms with Crippen LogP contribution in [0.25, 0.3) is 0 Å². The van der Waals surface area contributed by atoms with E-state index >= 15 is 0 Å². The van der Waals surface area contributed by atoms with E-state index in [1.54, 1.807) is 6.07 Å². The van der Waals surface area contributed by atoms with E-state index in [9.17, 15) is 9.59 Å². The second-order valence-corrected chi connectivity index (χ2v) is 6.79. The van der Waals surface area contributed by atoms with Gasteiger partial charge in [0.1, 0.15) is 0 Å². The molecule has 1 saturated heterocycles. The Hall–Kier alpha value is -1.88. The number of amides is 2. The molecule has 0 atom stereocenters. The summed E-state index contributed by atoms with van der Waals surface area (Å²) in [6, 6.07) is 5.52. The number of fused-ring (bicyclic) bond motifs is 1. The molecule has 0 spiro atoms. The zero-order valence-corrected chi connectivity index (χ0v) is 14.3. The molecule has 1 aromatic carbocycles. The lowest BCUT2D eigenvalue weighted by molar-refractivity contribution is -0.116. The molecular weight excluding hydrogens is 302 g/mol. The fourth-order valence-corrected chi connectivity index (χ4v) is 3.49. The summed E-state index contributed by atoms with van der Waals surface area (Å²) in [7, 11) is 0. The van der Waals surface area contributed by atoms with Crippen LogP contribution >= 0.6 is 0 Å². The summed E-state index contributed by atoms with van der Waals surface area (Å²) in [5, 5.41) is 5.86. The van der Waals surface area contributed by atoms with Gasteiger partial charge in [-0.3, -0.25) is 9.59 Å². The van der Waals surface area contributed by atoms with Gasteiger partial charge in [0.05, 0.1) is 0 Å². The largest absolute Gasteiger partial charge is 0.352 e. The highest BCUT2D eigenvalue weighted by Gasteiger charge is 2.16. The first-order valence-corrected chi connectivity index (χ1v) is 9.16. The van der Waals surface area contributed by atoms with E-state index in [2.05, 4.69) is 15.5 Å². The van der Waals surface area contributed by atoms with Crippen LogP contribution in [0.3, 0.4) is 0 Å². The Morgan fingerprint density at radius 1 is 1.12 bits per heavy atom. The molecule has 2 N–H and O–H groups in total. The number of hydrogen-bond acceptors (Lipinski definition) is 3. The van der Waals surface area contributed by atoms with Gasteiger partial charge in [0, 0.05) is 24.2 Å². The monoisotopic (exact) mass is 329 g/mol. The number of benzene rings is 1. The molecule has 0 radical (unpaired) electrons. The van der Waals surface area contributed by atoms with Crippen LogP contribution in [0.1, 0.15) is 54.4 Å². The van der Waals surface area contributed by atoms with Gasteiger partial charge in [-0.05, 0) is 69.1 Å². The first-order valence-electron chi connectivity index (χ1n) is 9.16. The lowest BCUT2D eigenvalue weighted by Gasteiger charge is -2.19. The lowest BCUT2D eigenvalue weighted by Crippen LogP contribution is -2.30. The number of rotatable bonds is 5. The maximum absolute atomic E-state index is 12.3. The molecule has 0 unspecified atom stereocenters. The summed E-state index contributed by atoms with van der Waals surface area (Å²) in [5.74, 6) is 0.0266. The number of nitrogens with zero attached hydrogens (tertiary/aromatic N) is 1. The molecule has 1 fully saturated rings. The van der Waals surface area contributed by atoms with Crippen molar-refractivity contribution in [2.24, 2.45) is 0 Å². The van der Waals surface area contributed by atoms with Crippen LogP contribution in [-0.2, 0) is 11.2 Å². The molecule has 0 saturated carbocycles. The van der Waals surface area contributed by atoms with Crippen LogP contribution in [0.5, 0.6) is 0 Å². The zero-order valence-electron chi connectivity index (χ0n) is 14.3. The maximum atomic E-state index is 12.3. The van der Waals surface area contributed by atoms with Crippen molar-refractivity contribution in [3.63, 3.8) is 0 Å². The summed E-state index contributed by atoms with van der Waals surface area (Å²) < 4.78 is 0. The predicted molar refractivity (Wildman–Crippen MR) is 95.3 cm³/mol. The van der Waals surface area contributed by atoms with Gasteiger partial charge in [-0.25, -0.2) is 0 Å². The van der Waals surface area contributed by atoms with E-state index in [1.165, 1.54) is 38.8 Å². The third-order valence-electron chi connectivity index (χ3n) is 4.90. The zero-order chi connectivity index (χ0) is 16.8. The van der Waals surface area contributed by atoms with Gasteiger partial charge in [0.2, 0.25) is 5.91 Å². The first kappa shape index (κ1) is 17.0. The number of carbonyl (C=O) groups is 2. The molecule has 2 heterocycles. The Bertz CT molecular complexity index is 592. The third kappa shape index (κ3) is 4.57. The Labute approximate surface area is 143 Å². The highest BCUT2D eigenvalue weighted by molar-refractivity contribution is 5.97. The quantitative estimate of drug-likeness (QED) is 0.816. The van der Waals surface area contributed by atoms with Crippen molar-refractivity contribution < 1.29 is 9.59 Å². The number of likely N-dealkylation sites (tertiary alicyclic amines) is 1. The third-order valence-corrected chi connectivity index (χ3v) is 4.90. The minimum atomic E-state index is -0.0226. The van der Waals surface area contributed by atoms with Crippen LogP contribution in [0, 0.1) is 0 Å². The molecule has 5 heteroatoms. The fourth-order valence-electron chi connectivity index (χ4n) is 3.49. The molecule has 2 aliphatic rings. The van der Waals surface area contributed by atoms with E-state index in [0.717, 1.165) is 24.2 Å². The minimum Gasteiger partial charge on any atom is -0.352 e. The first-order chi connectivity index (χ1) is 11.7. The minimum absolute atomic E-state index is 0.0226. The molecular formula is C19H27N3O2. The summed E-state index contributed by atoms with van der Waals surface area (Å²) in [4.78, 5) is 26.2. The van der Waals surface area contributed by atoms with Gasteiger partial charge in [0.25, 0.3) is 5.91 Å². The highest BCUT2D eigenvalue weighted by atomic mass is 16.2. The van der Waals surface area contributed by atoms with Crippen LogP contribution in [0.2, 0.25) is 0 Å². The number of carbonyl (C=O) groups excluding carboxylic acids is 2. The van der Waals surface area contributed by atoms with Crippen molar-refractivity contribution in [3.8, 4) is 0 Å². The smallest absolute Gasteiger partial charge is 0.251 e. The van der Waals surface area contributed by atoms with E-state index < -0.39 is 0 Å². The molecule has 0 bridgehead atoms. The molecule has 24 heavy (non-hydrogen) atoms. The second kappa shape index (κ2) is 8.29. The summed E-state index contributed by atoms with van der Waals surface area (Å²) >= 11 is 0. The van der Waals surface area contributed by atoms with Crippen LogP contribution in [0.15, 0.2) is 18.2 Å². The van der Waals surface area contributed by atoms with E-state index in [-0.39, 0.29) is 11.8 Å². The van der Waals surface area contributed by atoms with E-state index in [0.29, 0.717) is 24.9 Å². The van der Waals surface area contributed by atoms with Crippen molar-refractivity contribution in [2.45, 2.75) is 44.9 Å². The van der Waals surface area contributed by atoms with Gasteiger partial charge in [-0.1, -0.05) is 12.8 Å². The average Bonchev–Trinajstić information content (AvgIpc) is 2.87. The van der Waals surface area contributed by atoms with Gasteiger partial charge in [-0.2, -0.15) is 0 Å². The standard InChI is InChI=1S/C19H27N3O2/c23-18-9-7-15-14-16(6-8-17(15)21-18)19(24)20-10-5-13-22-11-3-1-2-4-12-22/h6,8,14H,1-5,7,9-13H2,(H,20,24)(H,21,23). The van der Waals surface area contributed by atoms with Gasteiger partial charge in [0.15, 0.2) is 0 Å². The summed E-state index contributed by atoms with van der Waals surface area (Å²) in [6.45, 7) is 4.18. The van der Waals surface area contributed by atoms with Gasteiger partial charge >= 0.3 is 0 Å². The van der Waals surface area contributed by atoms with Crippen LogP contribution in [-0.4, -0.2) is 42.9 Å². The molecule has 1 aromatic rings. The Morgan fingerprint density at radius 2 is 1.92 bits per heavy atom. The molecule has 130 valence electrons. The van der Waals surface area contributed by atoms with Crippen molar-refractivity contribution in [3.05, 3.63) is 29.3 Å². The number of nitrogens with one attached hydrogen (secondary N) is 2. The number of aryl methyl sites for hydroxylation is 1. The molecule has 0 aliphatic carbocycles. The fraction of sp³-hybridized carbons (Fsp3) is 0.579. The Balaban J connectivity index is 1.44. The number of hydrogen-bond donors (Lipinski definition) is 2. The second-order valence-electron chi connectivity index (χ2n) is 6.79. The Morgan fingerprint density at radius 3 is 2.71 bits per heavy atom. The highest BCUT2D eigenvalue weighted by Crippen LogP contribution is 2.23. The summed E-state index contributed by atoms with van der Waals surface area (Å²) in [5.41, 5.74) is 2.57. The predicted octanol–water partition coefficient (Wildman–Crippen LogP) is 2.57. The van der Waals surface area contributed by atoms with Crippen molar-refractivity contribution >= 4 is 17.5 Å². The van der Waals surface area contributed by atoms with Crippen molar-refractivity contribution in [2.75, 3.05) is 31.5 Å². The molecule has 2 amide bonds. The molecule has 3 rings (SSSR count). The van der Waals surface area contributed by atoms with E-state index in [4.69, 9.17) is 0 Å². The van der Waals surface area contributed by atoms with Gasteiger partial charge < -0.3 is 15.5 Å². The molecule has 5 nitrogen and oxygen atoms in total. The van der Waals surface area contributed by atoms with Crippen molar-refractivity contribution in [1.82, 2.24) is 10.2 Å². The lowest BCUT2D eigenvalue weighted by atomic mass is 10.00. The molecule has 2 aliphatic heterocycles. The topological polar surface area (TPSA) is 61.4 Å². The van der Waals surface area contributed by atoms with Crippen LogP contribution < -0.4 is 10.6 Å². The van der Waals surface area contributed by atoms with Crippen molar-refractivity contribution in [1.29, 1.82) is 0 Å². The number of anilines is 1. The maximum Gasteiger partial charge on any atom is 0.251 e. The van der Waals surface area contributed by atoms with E-state index in [1.807, 2.05) is 12.1 Å². The average molecular weight is 329 g/mol. The molecule has 0 aromatic heterocycles. The normalized spacial score (nSPS) is 18.4.